The number of carbonyl (C=O) groups excluding carboxylic acids is 1. The molecule has 0 aliphatic heterocycles. The molecule has 0 unspecified atom stereocenters. The molecule has 0 fully saturated rings. The fraction of sp³-hybridized carbons (Fsp3) is 0.125. The number of amides is 1. The largest absolute Gasteiger partial charge is 0.481 e. The van der Waals surface area contributed by atoms with Crippen LogP contribution in [0.1, 0.15) is 12.6 Å². The minimum atomic E-state index is -0.776. The van der Waals surface area contributed by atoms with Crippen molar-refractivity contribution < 1.29 is 9.53 Å². The number of rotatable bonds is 6. The summed E-state index contributed by atoms with van der Waals surface area (Å²) in [7, 11) is 0. The van der Waals surface area contributed by atoms with Crippen LogP contribution in [-0.4, -0.2) is 41.5 Å². The van der Waals surface area contributed by atoms with Crippen molar-refractivity contribution in [1.29, 1.82) is 0 Å². The van der Waals surface area contributed by atoms with E-state index in [0.717, 1.165) is 0 Å². The van der Waals surface area contributed by atoms with Crippen molar-refractivity contribution in [2.45, 2.75) is 20.0 Å². The first-order chi connectivity index (χ1) is 16.9. The molecular weight excluding hydrogens is 470 g/mol. The number of benzene rings is 2. The van der Waals surface area contributed by atoms with Gasteiger partial charge in [-0.15, -0.1) is 0 Å². The molecule has 2 N–H and O–H groups in total. The number of fused-ring (bicyclic) bond motifs is 1. The number of aryl methyl sites for hydroxylation is 1. The monoisotopic (exact) mass is 489 g/mol. The second-order valence-electron chi connectivity index (χ2n) is 7.80. The predicted octanol–water partition coefficient (Wildman–Crippen LogP) is 3.66. The Morgan fingerprint density at radius 1 is 1.11 bits per heavy atom. The highest BCUT2D eigenvalue weighted by Crippen LogP contribution is 2.20. The van der Waals surface area contributed by atoms with Gasteiger partial charge in [-0.1, -0.05) is 29.8 Å². The zero-order valence-electron chi connectivity index (χ0n) is 18.8. The molecular formula is C24H20ClN7O3. The lowest BCUT2D eigenvalue weighted by molar-refractivity contribution is -0.122. The highest BCUT2D eigenvalue weighted by Gasteiger charge is 2.20. The van der Waals surface area contributed by atoms with E-state index in [-0.39, 0.29) is 11.9 Å². The van der Waals surface area contributed by atoms with E-state index in [1.54, 1.807) is 56.3 Å². The summed E-state index contributed by atoms with van der Waals surface area (Å²) in [5.74, 6) is 0.644. The van der Waals surface area contributed by atoms with Gasteiger partial charge in [0.2, 0.25) is 5.95 Å². The quantitative estimate of drug-likeness (QED) is 0.375. The smallest absolute Gasteiger partial charge is 0.266 e. The highest BCUT2D eigenvalue weighted by atomic mass is 35.5. The summed E-state index contributed by atoms with van der Waals surface area (Å²) in [6.45, 7) is 3.41. The van der Waals surface area contributed by atoms with E-state index in [9.17, 15) is 9.59 Å². The van der Waals surface area contributed by atoms with Crippen molar-refractivity contribution in [2.75, 3.05) is 5.32 Å². The third-order valence-electron chi connectivity index (χ3n) is 5.21. The van der Waals surface area contributed by atoms with E-state index in [2.05, 4.69) is 25.5 Å². The normalized spacial score (nSPS) is 12.0. The van der Waals surface area contributed by atoms with Crippen molar-refractivity contribution in [3.8, 4) is 17.4 Å². The minimum absolute atomic E-state index is 0.123. The third-order valence-corrected chi connectivity index (χ3v) is 5.46. The zero-order chi connectivity index (χ0) is 24.5. The van der Waals surface area contributed by atoms with E-state index in [0.29, 0.717) is 39.0 Å². The topological polar surface area (TPSA) is 120 Å². The molecule has 0 saturated carbocycles. The lowest BCUT2D eigenvalue weighted by atomic mass is 10.3. The Kier molecular flexibility index (Phi) is 5.79. The number of H-pyrrole nitrogens is 1. The number of nitrogens with one attached hydrogen (secondary N) is 2. The first kappa shape index (κ1) is 22.4. The molecule has 35 heavy (non-hydrogen) atoms. The second kappa shape index (κ2) is 9.07. The average molecular weight is 490 g/mol. The molecule has 0 bridgehead atoms. The van der Waals surface area contributed by atoms with E-state index in [4.69, 9.17) is 16.3 Å². The number of ether oxygens (including phenoxy) is 1. The number of aromatic nitrogens is 6. The van der Waals surface area contributed by atoms with Gasteiger partial charge in [0, 0.05) is 11.1 Å². The van der Waals surface area contributed by atoms with Crippen LogP contribution in [0.15, 0.2) is 71.7 Å². The molecule has 0 radical (unpaired) electrons. The van der Waals surface area contributed by atoms with E-state index < -0.39 is 11.7 Å². The summed E-state index contributed by atoms with van der Waals surface area (Å²) in [5.41, 5.74) is 1.24. The molecule has 0 saturated heterocycles. The average Bonchev–Trinajstić information content (AvgIpc) is 3.44. The molecule has 5 rings (SSSR count). The van der Waals surface area contributed by atoms with Crippen molar-refractivity contribution in [1.82, 2.24) is 29.5 Å². The van der Waals surface area contributed by atoms with Crippen LogP contribution in [-0.2, 0) is 4.79 Å². The summed E-state index contributed by atoms with van der Waals surface area (Å²) in [6, 6.07) is 17.7. The molecule has 3 heterocycles. The Morgan fingerprint density at radius 3 is 2.60 bits per heavy atom. The Labute approximate surface area is 204 Å². The van der Waals surface area contributed by atoms with E-state index in [1.807, 2.05) is 18.2 Å². The Hall–Kier alpha value is -4.44. The zero-order valence-corrected chi connectivity index (χ0v) is 19.5. The molecule has 176 valence electrons. The first-order valence-corrected chi connectivity index (χ1v) is 11.1. The van der Waals surface area contributed by atoms with Gasteiger partial charge in [0.05, 0.1) is 17.6 Å². The number of para-hydroxylation sites is 1. The van der Waals surface area contributed by atoms with Gasteiger partial charge in [-0.3, -0.25) is 14.6 Å². The van der Waals surface area contributed by atoms with Gasteiger partial charge in [-0.2, -0.15) is 19.9 Å². The van der Waals surface area contributed by atoms with Crippen LogP contribution in [0.2, 0.25) is 5.02 Å². The molecule has 1 amide bonds. The van der Waals surface area contributed by atoms with Crippen LogP contribution < -0.4 is 15.6 Å². The molecule has 2 aromatic carbocycles. The summed E-state index contributed by atoms with van der Waals surface area (Å²) in [4.78, 5) is 32.9. The fourth-order valence-electron chi connectivity index (χ4n) is 3.51. The van der Waals surface area contributed by atoms with Gasteiger partial charge in [-0.05, 0) is 50.2 Å². The Morgan fingerprint density at radius 2 is 1.86 bits per heavy atom. The standard InChI is InChI=1S/C24H20ClN7O3/c1-14-12-20(27-22(33)15(2)35-18-6-4-3-5-7-18)32(30-14)24-28-21-19(23(34)29-24)13-26-31(21)17-10-8-16(25)9-11-17/h3-13,15H,1-2H3,(H,27,33)(H,28,29,34)/t15-/m0/s1. The SMILES string of the molecule is Cc1cc(NC(=O)[C@H](C)Oc2ccccc2)n(-c2nc3c(cnn3-c3ccc(Cl)cc3)c(=O)[nH]2)n1. The fourth-order valence-corrected chi connectivity index (χ4v) is 3.64. The van der Waals surface area contributed by atoms with E-state index in [1.165, 1.54) is 15.6 Å². The number of carbonyl (C=O) groups is 1. The molecule has 5 aromatic rings. The van der Waals surface area contributed by atoms with Gasteiger partial charge in [0.25, 0.3) is 11.5 Å². The van der Waals surface area contributed by atoms with Gasteiger partial charge in [-0.25, -0.2) is 4.68 Å². The summed E-state index contributed by atoms with van der Waals surface area (Å²) >= 11 is 6.00. The van der Waals surface area contributed by atoms with Crippen molar-refractivity contribution in [2.24, 2.45) is 0 Å². The van der Waals surface area contributed by atoms with E-state index >= 15 is 0 Å². The van der Waals surface area contributed by atoms with Crippen LogP contribution in [0.3, 0.4) is 0 Å². The maximum Gasteiger partial charge on any atom is 0.266 e. The maximum absolute atomic E-state index is 12.8. The summed E-state index contributed by atoms with van der Waals surface area (Å²) < 4.78 is 8.60. The van der Waals surface area contributed by atoms with Gasteiger partial charge in [0.15, 0.2) is 11.8 Å². The van der Waals surface area contributed by atoms with Gasteiger partial charge >= 0.3 is 0 Å². The second-order valence-corrected chi connectivity index (χ2v) is 8.24. The van der Waals surface area contributed by atoms with Crippen molar-refractivity contribution >= 4 is 34.4 Å². The number of halogens is 1. The van der Waals surface area contributed by atoms with Crippen LogP contribution in [0.5, 0.6) is 5.75 Å². The maximum atomic E-state index is 12.8. The summed E-state index contributed by atoms with van der Waals surface area (Å²) in [5, 5.41) is 12.4. The third kappa shape index (κ3) is 4.51. The van der Waals surface area contributed by atoms with Crippen LogP contribution in [0.4, 0.5) is 5.82 Å². The number of aromatic amines is 1. The highest BCUT2D eigenvalue weighted by molar-refractivity contribution is 6.30. The summed E-state index contributed by atoms with van der Waals surface area (Å²) in [6.07, 6.45) is 0.668. The lowest BCUT2D eigenvalue weighted by Crippen LogP contribution is -2.31. The number of nitrogens with zero attached hydrogens (tertiary/aromatic N) is 5. The van der Waals surface area contributed by atoms with Gasteiger partial charge < -0.3 is 10.1 Å². The Bertz CT molecular complexity index is 1570. The van der Waals surface area contributed by atoms with Gasteiger partial charge in [0.1, 0.15) is 17.0 Å². The number of hydrogen-bond donors (Lipinski definition) is 2. The molecule has 3 aromatic heterocycles. The lowest BCUT2D eigenvalue weighted by Gasteiger charge is -2.15. The Balaban J connectivity index is 1.49. The van der Waals surface area contributed by atoms with Crippen molar-refractivity contribution in [3.05, 3.63) is 87.9 Å². The number of anilines is 1. The van der Waals surface area contributed by atoms with Crippen molar-refractivity contribution in [3.63, 3.8) is 0 Å². The van der Waals surface area contributed by atoms with Crippen LogP contribution >= 0.6 is 11.6 Å². The van der Waals surface area contributed by atoms with Crippen LogP contribution in [0, 0.1) is 6.92 Å². The van der Waals surface area contributed by atoms with Crippen LogP contribution in [0.25, 0.3) is 22.7 Å². The molecule has 11 heteroatoms. The minimum Gasteiger partial charge on any atom is -0.481 e. The molecule has 0 aliphatic rings. The first-order valence-electron chi connectivity index (χ1n) is 10.7. The molecule has 0 aliphatic carbocycles. The molecule has 0 spiro atoms. The molecule has 10 nitrogen and oxygen atoms in total. The predicted molar refractivity (Wildman–Crippen MR) is 132 cm³/mol. The molecule has 1 atom stereocenters. The number of hydrogen-bond acceptors (Lipinski definition) is 6.